The van der Waals surface area contributed by atoms with E-state index in [-0.39, 0.29) is 11.8 Å². The first-order chi connectivity index (χ1) is 12.2. The van der Waals surface area contributed by atoms with Gasteiger partial charge >= 0.3 is 0 Å². The molecule has 3 aromatic heterocycles. The SMILES string of the molecule is Cc1cccnc1NC(=O)C1CN(c2cc(-n3cncn3)ncn2)C1. The van der Waals surface area contributed by atoms with Crippen LogP contribution in [0.2, 0.25) is 0 Å². The highest BCUT2D eigenvalue weighted by atomic mass is 16.2. The smallest absolute Gasteiger partial charge is 0.232 e. The van der Waals surface area contributed by atoms with Crippen LogP contribution in [-0.2, 0) is 4.79 Å². The molecule has 1 saturated heterocycles. The summed E-state index contributed by atoms with van der Waals surface area (Å²) in [6.45, 7) is 3.12. The lowest BCUT2D eigenvalue weighted by molar-refractivity contribution is -0.120. The van der Waals surface area contributed by atoms with E-state index in [0.29, 0.717) is 24.7 Å². The monoisotopic (exact) mass is 336 g/mol. The summed E-state index contributed by atoms with van der Waals surface area (Å²) < 4.78 is 1.57. The van der Waals surface area contributed by atoms with Crippen LogP contribution in [0, 0.1) is 12.8 Å². The molecule has 9 heteroatoms. The molecule has 1 fully saturated rings. The van der Waals surface area contributed by atoms with Crippen molar-refractivity contribution in [1.29, 1.82) is 0 Å². The standard InChI is InChI=1S/C16H16N8O/c1-11-3-2-4-18-15(11)22-16(25)12-6-23(7-12)13-5-14(20-9-19-13)24-10-17-8-21-24/h2-5,8-10,12H,6-7H2,1H3,(H,18,22,25). The third kappa shape index (κ3) is 3.03. The zero-order valence-electron chi connectivity index (χ0n) is 13.6. The van der Waals surface area contributed by atoms with Gasteiger partial charge in [0.05, 0.1) is 5.92 Å². The molecular formula is C16H16N8O. The lowest BCUT2D eigenvalue weighted by Crippen LogP contribution is -2.52. The van der Waals surface area contributed by atoms with Crippen LogP contribution in [0.1, 0.15) is 5.56 Å². The number of pyridine rings is 1. The number of carbonyl (C=O) groups is 1. The Labute approximate surface area is 143 Å². The Balaban J connectivity index is 1.40. The highest BCUT2D eigenvalue weighted by Crippen LogP contribution is 2.24. The lowest BCUT2D eigenvalue weighted by atomic mass is 9.99. The average Bonchev–Trinajstić information content (AvgIpc) is 3.10. The van der Waals surface area contributed by atoms with Gasteiger partial charge in [-0.1, -0.05) is 6.07 Å². The predicted octanol–water partition coefficient (Wildman–Crippen LogP) is 0.836. The van der Waals surface area contributed by atoms with Crippen molar-refractivity contribution in [3.8, 4) is 5.82 Å². The molecule has 0 saturated carbocycles. The van der Waals surface area contributed by atoms with E-state index in [4.69, 9.17) is 0 Å². The summed E-state index contributed by atoms with van der Waals surface area (Å²) in [5.74, 6) is 1.90. The highest BCUT2D eigenvalue weighted by Gasteiger charge is 2.34. The van der Waals surface area contributed by atoms with Crippen molar-refractivity contribution in [1.82, 2.24) is 29.7 Å². The molecule has 126 valence electrons. The second-order valence-corrected chi connectivity index (χ2v) is 5.83. The van der Waals surface area contributed by atoms with Crippen molar-refractivity contribution < 1.29 is 4.79 Å². The number of nitrogens with one attached hydrogen (secondary N) is 1. The van der Waals surface area contributed by atoms with Crippen molar-refractivity contribution in [2.45, 2.75) is 6.92 Å². The van der Waals surface area contributed by atoms with E-state index in [9.17, 15) is 4.79 Å². The van der Waals surface area contributed by atoms with Gasteiger partial charge in [0.1, 0.15) is 30.6 Å². The molecule has 0 unspecified atom stereocenters. The highest BCUT2D eigenvalue weighted by molar-refractivity contribution is 5.94. The Morgan fingerprint density at radius 3 is 2.80 bits per heavy atom. The number of nitrogens with zero attached hydrogens (tertiary/aromatic N) is 7. The van der Waals surface area contributed by atoms with E-state index in [1.54, 1.807) is 17.2 Å². The fourth-order valence-electron chi connectivity index (χ4n) is 2.63. The summed E-state index contributed by atoms with van der Waals surface area (Å²) in [5, 5.41) is 6.94. The molecule has 0 radical (unpaired) electrons. The molecule has 1 aliphatic rings. The van der Waals surface area contributed by atoms with Gasteiger partial charge in [0.25, 0.3) is 0 Å². The maximum atomic E-state index is 12.3. The zero-order chi connectivity index (χ0) is 17.2. The quantitative estimate of drug-likeness (QED) is 0.753. The Morgan fingerprint density at radius 2 is 2.04 bits per heavy atom. The molecule has 4 rings (SSSR count). The van der Waals surface area contributed by atoms with Crippen LogP contribution < -0.4 is 10.2 Å². The fourth-order valence-corrected chi connectivity index (χ4v) is 2.63. The Morgan fingerprint density at radius 1 is 1.20 bits per heavy atom. The number of amides is 1. The van der Waals surface area contributed by atoms with Crippen LogP contribution in [-0.4, -0.2) is 48.7 Å². The Kier molecular flexibility index (Phi) is 3.81. The van der Waals surface area contributed by atoms with E-state index in [1.165, 1.54) is 12.7 Å². The summed E-state index contributed by atoms with van der Waals surface area (Å²) in [6, 6.07) is 5.59. The minimum atomic E-state index is -0.0915. The predicted molar refractivity (Wildman–Crippen MR) is 90.3 cm³/mol. The number of aromatic nitrogens is 6. The molecule has 1 aliphatic heterocycles. The first-order valence-corrected chi connectivity index (χ1v) is 7.85. The van der Waals surface area contributed by atoms with E-state index >= 15 is 0 Å². The summed E-state index contributed by atoms with van der Waals surface area (Å²) in [7, 11) is 0. The molecule has 1 amide bonds. The maximum Gasteiger partial charge on any atom is 0.232 e. The number of rotatable bonds is 4. The third-order valence-electron chi connectivity index (χ3n) is 4.12. The first kappa shape index (κ1) is 15.2. The molecule has 0 aliphatic carbocycles. The normalized spacial score (nSPS) is 14.2. The van der Waals surface area contributed by atoms with Gasteiger partial charge in [0, 0.05) is 25.4 Å². The number of carbonyl (C=O) groups excluding carboxylic acids is 1. The molecule has 4 heterocycles. The molecule has 0 aromatic carbocycles. The lowest BCUT2D eigenvalue weighted by Gasteiger charge is -2.39. The number of aryl methyl sites for hydroxylation is 1. The zero-order valence-corrected chi connectivity index (χ0v) is 13.6. The van der Waals surface area contributed by atoms with Gasteiger partial charge in [-0.25, -0.2) is 24.6 Å². The third-order valence-corrected chi connectivity index (χ3v) is 4.12. The van der Waals surface area contributed by atoms with Crippen LogP contribution in [0.5, 0.6) is 0 Å². The van der Waals surface area contributed by atoms with Crippen LogP contribution in [0.15, 0.2) is 43.4 Å². The van der Waals surface area contributed by atoms with Crippen molar-refractivity contribution in [2.75, 3.05) is 23.3 Å². The van der Waals surface area contributed by atoms with Crippen molar-refractivity contribution in [3.05, 3.63) is 48.9 Å². The first-order valence-electron chi connectivity index (χ1n) is 7.85. The molecule has 9 nitrogen and oxygen atoms in total. The van der Waals surface area contributed by atoms with Gasteiger partial charge in [0.2, 0.25) is 5.91 Å². The van der Waals surface area contributed by atoms with E-state index in [0.717, 1.165) is 11.4 Å². The van der Waals surface area contributed by atoms with Crippen molar-refractivity contribution in [2.24, 2.45) is 5.92 Å². The second kappa shape index (κ2) is 6.27. The van der Waals surface area contributed by atoms with Crippen LogP contribution in [0.25, 0.3) is 5.82 Å². The minimum Gasteiger partial charge on any atom is -0.355 e. The van der Waals surface area contributed by atoms with Crippen molar-refractivity contribution >= 4 is 17.5 Å². The van der Waals surface area contributed by atoms with Gasteiger partial charge in [-0.05, 0) is 18.6 Å². The van der Waals surface area contributed by atoms with Gasteiger partial charge in [-0.3, -0.25) is 4.79 Å². The molecular weight excluding hydrogens is 320 g/mol. The topological polar surface area (TPSA) is 102 Å². The van der Waals surface area contributed by atoms with Gasteiger partial charge in [-0.2, -0.15) is 5.10 Å². The Bertz CT molecular complexity index is 889. The molecule has 0 spiro atoms. The second-order valence-electron chi connectivity index (χ2n) is 5.83. The Hall–Kier alpha value is -3.36. The van der Waals surface area contributed by atoms with Gasteiger partial charge < -0.3 is 10.2 Å². The number of anilines is 2. The average molecular weight is 336 g/mol. The summed E-state index contributed by atoms with van der Waals surface area (Å²) in [5.41, 5.74) is 0.945. The summed E-state index contributed by atoms with van der Waals surface area (Å²) >= 11 is 0. The number of hydrogen-bond donors (Lipinski definition) is 1. The van der Waals surface area contributed by atoms with E-state index < -0.39 is 0 Å². The van der Waals surface area contributed by atoms with E-state index in [2.05, 4.69) is 30.4 Å². The summed E-state index contributed by atoms with van der Waals surface area (Å²) in [4.78, 5) is 30.9. The number of hydrogen-bond acceptors (Lipinski definition) is 7. The molecule has 0 atom stereocenters. The fraction of sp³-hybridized carbons (Fsp3) is 0.250. The van der Waals surface area contributed by atoms with Gasteiger partial charge in [-0.15, -0.1) is 0 Å². The minimum absolute atomic E-state index is 0.0244. The van der Waals surface area contributed by atoms with Crippen LogP contribution in [0.4, 0.5) is 11.6 Å². The van der Waals surface area contributed by atoms with Gasteiger partial charge in [0.15, 0.2) is 5.82 Å². The molecule has 0 bridgehead atoms. The van der Waals surface area contributed by atoms with Crippen LogP contribution in [0.3, 0.4) is 0 Å². The molecule has 3 aromatic rings. The summed E-state index contributed by atoms with van der Waals surface area (Å²) in [6.07, 6.45) is 6.18. The maximum absolute atomic E-state index is 12.3. The molecule has 1 N–H and O–H groups in total. The van der Waals surface area contributed by atoms with E-state index in [1.807, 2.05) is 30.0 Å². The van der Waals surface area contributed by atoms with Crippen molar-refractivity contribution in [3.63, 3.8) is 0 Å². The largest absolute Gasteiger partial charge is 0.355 e. The molecule has 25 heavy (non-hydrogen) atoms. The van der Waals surface area contributed by atoms with Crippen LogP contribution >= 0.6 is 0 Å².